The van der Waals surface area contributed by atoms with Gasteiger partial charge < -0.3 is 16.2 Å². The highest BCUT2D eigenvalue weighted by Gasteiger charge is 2.09. The highest BCUT2D eigenvalue weighted by molar-refractivity contribution is 5.64. The lowest BCUT2D eigenvalue weighted by Crippen LogP contribution is -2.06. The Kier molecular flexibility index (Phi) is 3.53. The number of hydrogen-bond acceptors (Lipinski definition) is 4. The third-order valence-electron chi connectivity index (χ3n) is 2.90. The van der Waals surface area contributed by atoms with E-state index in [0.29, 0.717) is 12.2 Å². The summed E-state index contributed by atoms with van der Waals surface area (Å²) in [5, 5.41) is 16.6. The zero-order chi connectivity index (χ0) is 13.1. The first-order chi connectivity index (χ1) is 8.61. The minimum Gasteiger partial charge on any atom is -0.394 e. The molecule has 5 nitrogen and oxygen atoms in total. The number of aliphatic hydroxyl groups excluding tert-OH is 1. The first-order valence-electron chi connectivity index (χ1n) is 5.83. The fourth-order valence-electron chi connectivity index (χ4n) is 1.91. The van der Waals surface area contributed by atoms with Crippen LogP contribution < -0.4 is 11.1 Å². The molecule has 5 heteroatoms. The van der Waals surface area contributed by atoms with Crippen LogP contribution >= 0.6 is 0 Å². The fourth-order valence-corrected chi connectivity index (χ4v) is 1.91. The van der Waals surface area contributed by atoms with Gasteiger partial charge in [-0.25, -0.2) is 0 Å². The van der Waals surface area contributed by atoms with Crippen molar-refractivity contribution in [3.63, 3.8) is 0 Å². The number of aromatic nitrogens is 2. The van der Waals surface area contributed by atoms with E-state index < -0.39 is 0 Å². The summed E-state index contributed by atoms with van der Waals surface area (Å²) in [5.41, 5.74) is 9.44. The predicted octanol–water partition coefficient (Wildman–Crippen LogP) is 1.42. The summed E-state index contributed by atoms with van der Waals surface area (Å²) >= 11 is 0. The summed E-state index contributed by atoms with van der Waals surface area (Å²) in [5.74, 6) is 0.821. The van der Waals surface area contributed by atoms with Crippen LogP contribution in [0.4, 0.5) is 11.5 Å². The molecule has 1 aromatic carbocycles. The number of benzene rings is 1. The third-order valence-corrected chi connectivity index (χ3v) is 2.90. The molecule has 0 aliphatic carbocycles. The molecule has 0 spiro atoms. The number of nitrogen functional groups attached to an aromatic ring is 1. The van der Waals surface area contributed by atoms with Crippen LogP contribution in [0.1, 0.15) is 16.8 Å². The maximum atomic E-state index is 9.08. The molecule has 1 aromatic heterocycles. The largest absolute Gasteiger partial charge is 0.394 e. The molecule has 18 heavy (non-hydrogen) atoms. The van der Waals surface area contributed by atoms with Gasteiger partial charge in [-0.2, -0.15) is 5.10 Å². The van der Waals surface area contributed by atoms with Crippen LogP contribution in [-0.4, -0.2) is 14.9 Å². The van der Waals surface area contributed by atoms with E-state index in [2.05, 4.69) is 10.4 Å². The molecule has 0 atom stereocenters. The lowest BCUT2D eigenvalue weighted by Gasteiger charge is -2.08. The number of aryl methyl sites for hydroxylation is 2. The molecule has 0 aliphatic rings. The van der Waals surface area contributed by atoms with Crippen molar-refractivity contribution < 1.29 is 5.11 Å². The van der Waals surface area contributed by atoms with E-state index in [1.54, 1.807) is 4.68 Å². The zero-order valence-electron chi connectivity index (χ0n) is 10.6. The molecule has 0 fully saturated rings. The van der Waals surface area contributed by atoms with Crippen LogP contribution in [-0.2, 0) is 20.2 Å². The van der Waals surface area contributed by atoms with E-state index in [0.717, 1.165) is 22.6 Å². The molecule has 0 radical (unpaired) electrons. The number of nitrogens with one attached hydrogen (secondary N) is 1. The molecule has 4 N–H and O–H groups in total. The molecule has 96 valence electrons. The van der Waals surface area contributed by atoms with Gasteiger partial charge in [-0.15, -0.1) is 0 Å². The van der Waals surface area contributed by atoms with Crippen molar-refractivity contribution in [2.24, 2.45) is 7.05 Å². The Morgan fingerprint density at radius 2 is 2.11 bits per heavy atom. The van der Waals surface area contributed by atoms with Crippen LogP contribution in [0.2, 0.25) is 0 Å². The van der Waals surface area contributed by atoms with Gasteiger partial charge in [0.05, 0.1) is 18.0 Å². The second-order valence-electron chi connectivity index (χ2n) is 4.30. The first kappa shape index (κ1) is 12.4. The Morgan fingerprint density at radius 3 is 2.72 bits per heavy atom. The summed E-state index contributed by atoms with van der Waals surface area (Å²) in [6, 6.07) is 7.80. The molecule has 0 unspecified atom stereocenters. The second kappa shape index (κ2) is 5.10. The lowest BCUT2D eigenvalue weighted by molar-refractivity contribution is 0.281. The van der Waals surface area contributed by atoms with Gasteiger partial charge in [0.25, 0.3) is 0 Å². The maximum Gasteiger partial charge on any atom is 0.148 e. The summed E-state index contributed by atoms with van der Waals surface area (Å²) in [6.45, 7) is 2.59. The number of nitrogens with zero attached hydrogens (tertiary/aromatic N) is 2. The Balaban J connectivity index is 2.11. The summed E-state index contributed by atoms with van der Waals surface area (Å²) in [7, 11) is 1.86. The number of nitrogens with two attached hydrogens (primary N) is 1. The topological polar surface area (TPSA) is 76.1 Å². The number of aliphatic hydroxyl groups is 1. The van der Waals surface area contributed by atoms with E-state index >= 15 is 0 Å². The molecule has 0 saturated heterocycles. The second-order valence-corrected chi connectivity index (χ2v) is 4.30. The Bertz CT molecular complexity index is 548. The van der Waals surface area contributed by atoms with Gasteiger partial charge in [0.2, 0.25) is 0 Å². The Hall–Kier alpha value is -2.01. The molecule has 2 aromatic rings. The van der Waals surface area contributed by atoms with E-state index in [1.165, 1.54) is 0 Å². The average Bonchev–Trinajstić information content (AvgIpc) is 2.61. The van der Waals surface area contributed by atoms with Gasteiger partial charge in [0.15, 0.2) is 0 Å². The van der Waals surface area contributed by atoms with Crippen molar-refractivity contribution in [2.45, 2.75) is 20.1 Å². The van der Waals surface area contributed by atoms with Crippen molar-refractivity contribution in [1.82, 2.24) is 9.78 Å². The summed E-state index contributed by atoms with van der Waals surface area (Å²) in [4.78, 5) is 0. The van der Waals surface area contributed by atoms with Crippen LogP contribution in [0.15, 0.2) is 24.3 Å². The molecule has 2 rings (SSSR count). The normalized spacial score (nSPS) is 10.6. The lowest BCUT2D eigenvalue weighted by atomic mass is 10.1. The molecule has 0 bridgehead atoms. The van der Waals surface area contributed by atoms with Crippen molar-refractivity contribution in [3.05, 3.63) is 41.1 Å². The highest BCUT2D eigenvalue weighted by Crippen LogP contribution is 2.21. The minimum absolute atomic E-state index is 0.0563. The quantitative estimate of drug-likeness (QED) is 0.762. The summed E-state index contributed by atoms with van der Waals surface area (Å²) < 4.78 is 1.74. The van der Waals surface area contributed by atoms with Gasteiger partial charge >= 0.3 is 0 Å². The zero-order valence-corrected chi connectivity index (χ0v) is 10.6. The average molecular weight is 246 g/mol. The van der Waals surface area contributed by atoms with E-state index in [1.807, 2.05) is 38.2 Å². The van der Waals surface area contributed by atoms with Crippen molar-refractivity contribution in [2.75, 3.05) is 11.1 Å². The smallest absolute Gasteiger partial charge is 0.148 e. The van der Waals surface area contributed by atoms with Gasteiger partial charge in [0.1, 0.15) is 5.82 Å². The van der Waals surface area contributed by atoms with Crippen LogP contribution in [0.5, 0.6) is 0 Å². The summed E-state index contributed by atoms with van der Waals surface area (Å²) in [6.07, 6.45) is 0. The number of anilines is 2. The van der Waals surface area contributed by atoms with Gasteiger partial charge in [0, 0.05) is 13.6 Å². The number of hydrogen-bond donors (Lipinski definition) is 3. The standard InChI is InChI=1S/C13H18N4O/c1-9-12(14)13(17(2)16-9)15-7-10-4-3-5-11(6-10)8-18/h3-6,15,18H,7-8,14H2,1-2H3. The van der Waals surface area contributed by atoms with Gasteiger partial charge in [-0.1, -0.05) is 24.3 Å². The van der Waals surface area contributed by atoms with Gasteiger partial charge in [-0.05, 0) is 18.1 Å². The molecule has 0 saturated carbocycles. The van der Waals surface area contributed by atoms with E-state index in [-0.39, 0.29) is 6.61 Å². The maximum absolute atomic E-state index is 9.08. The van der Waals surface area contributed by atoms with Crippen LogP contribution in [0, 0.1) is 6.92 Å². The first-order valence-corrected chi connectivity index (χ1v) is 5.83. The minimum atomic E-state index is 0.0563. The van der Waals surface area contributed by atoms with E-state index in [9.17, 15) is 0 Å². The van der Waals surface area contributed by atoms with Crippen molar-refractivity contribution in [3.8, 4) is 0 Å². The Morgan fingerprint density at radius 1 is 1.39 bits per heavy atom. The molecule has 0 amide bonds. The molecular formula is C13H18N4O. The fraction of sp³-hybridized carbons (Fsp3) is 0.308. The van der Waals surface area contributed by atoms with Crippen LogP contribution in [0.3, 0.4) is 0 Å². The molecule has 1 heterocycles. The molecular weight excluding hydrogens is 228 g/mol. The Labute approximate surface area is 106 Å². The molecule has 0 aliphatic heterocycles. The van der Waals surface area contributed by atoms with Crippen molar-refractivity contribution in [1.29, 1.82) is 0 Å². The van der Waals surface area contributed by atoms with Crippen LogP contribution in [0.25, 0.3) is 0 Å². The van der Waals surface area contributed by atoms with E-state index in [4.69, 9.17) is 10.8 Å². The monoisotopic (exact) mass is 246 g/mol. The van der Waals surface area contributed by atoms with Crippen molar-refractivity contribution >= 4 is 11.5 Å². The number of rotatable bonds is 4. The highest BCUT2D eigenvalue weighted by atomic mass is 16.3. The third kappa shape index (κ3) is 2.46. The van der Waals surface area contributed by atoms with Gasteiger partial charge in [-0.3, -0.25) is 4.68 Å². The SMILES string of the molecule is Cc1nn(C)c(NCc2cccc(CO)c2)c1N. The predicted molar refractivity (Wildman–Crippen MR) is 72.0 cm³/mol.